The largest absolute Gasteiger partial charge is 0.327 e. The van der Waals surface area contributed by atoms with E-state index in [0.29, 0.717) is 6.42 Å². The molecule has 0 saturated carbocycles. The van der Waals surface area contributed by atoms with E-state index in [1.807, 2.05) is 16.7 Å². The summed E-state index contributed by atoms with van der Waals surface area (Å²) < 4.78 is 0. The summed E-state index contributed by atoms with van der Waals surface area (Å²) in [5.74, 6) is 0.365. The number of rotatable bonds is 4. The summed E-state index contributed by atoms with van der Waals surface area (Å²) in [5.41, 5.74) is 0. The van der Waals surface area contributed by atoms with Crippen LogP contribution in [0.5, 0.6) is 0 Å². The van der Waals surface area contributed by atoms with Gasteiger partial charge in [-0.3, -0.25) is 14.9 Å². The minimum Gasteiger partial charge on any atom is -0.327 e. The van der Waals surface area contributed by atoms with Gasteiger partial charge in [-0.1, -0.05) is 6.92 Å². The molecule has 2 unspecified atom stereocenters. The number of amides is 2. The van der Waals surface area contributed by atoms with E-state index in [-0.39, 0.29) is 24.1 Å². The van der Waals surface area contributed by atoms with Gasteiger partial charge in [0.15, 0.2) is 0 Å². The van der Waals surface area contributed by atoms with Crippen LogP contribution >= 0.6 is 0 Å². The molecule has 0 aromatic rings. The molecule has 2 aliphatic rings. The van der Waals surface area contributed by atoms with Crippen molar-refractivity contribution in [1.82, 2.24) is 15.1 Å². The molecule has 2 heterocycles. The van der Waals surface area contributed by atoms with Crippen LogP contribution in [-0.2, 0) is 9.59 Å². The average Bonchev–Trinajstić information content (AvgIpc) is 2.98. The molecule has 0 aromatic carbocycles. The maximum absolute atomic E-state index is 12.1. The van der Waals surface area contributed by atoms with Crippen LogP contribution in [0.3, 0.4) is 0 Å². The number of hydrogen-bond donors (Lipinski definition) is 1. The molecular weight excluding hydrogens is 242 g/mol. The SMILES string of the molecule is CCCC(=O)N1CCCC1NC1CCCN1C(C)=O. The van der Waals surface area contributed by atoms with Crippen molar-refractivity contribution in [3.05, 3.63) is 0 Å². The zero-order valence-electron chi connectivity index (χ0n) is 12.0. The molecule has 2 fully saturated rings. The maximum atomic E-state index is 12.1. The van der Waals surface area contributed by atoms with Crippen LogP contribution in [-0.4, -0.2) is 47.0 Å². The summed E-state index contributed by atoms with van der Waals surface area (Å²) >= 11 is 0. The number of carbonyl (C=O) groups is 2. The van der Waals surface area contributed by atoms with Crippen LogP contribution in [0.25, 0.3) is 0 Å². The second-order valence-corrected chi connectivity index (χ2v) is 5.53. The molecule has 0 radical (unpaired) electrons. The minimum absolute atomic E-state index is 0.109. The predicted octanol–water partition coefficient (Wildman–Crippen LogP) is 1.29. The highest BCUT2D eigenvalue weighted by atomic mass is 16.2. The van der Waals surface area contributed by atoms with Gasteiger partial charge in [0.25, 0.3) is 0 Å². The van der Waals surface area contributed by atoms with Crippen molar-refractivity contribution in [2.45, 2.75) is 64.7 Å². The van der Waals surface area contributed by atoms with Gasteiger partial charge in [-0.05, 0) is 32.1 Å². The molecule has 2 atom stereocenters. The van der Waals surface area contributed by atoms with Gasteiger partial charge in [0.1, 0.15) is 0 Å². The Labute approximate surface area is 115 Å². The van der Waals surface area contributed by atoms with Gasteiger partial charge in [-0.15, -0.1) is 0 Å². The average molecular weight is 267 g/mol. The molecule has 1 N–H and O–H groups in total. The van der Waals surface area contributed by atoms with Gasteiger partial charge in [0.2, 0.25) is 11.8 Å². The molecule has 0 bridgehead atoms. The van der Waals surface area contributed by atoms with E-state index in [4.69, 9.17) is 0 Å². The standard InChI is InChI=1S/C14H25N3O2/c1-3-6-14(19)17-10-5-8-13(17)15-12-7-4-9-16(12)11(2)18/h12-13,15H,3-10H2,1-2H3. The third-order valence-corrected chi connectivity index (χ3v) is 4.08. The Hall–Kier alpha value is -1.10. The summed E-state index contributed by atoms with van der Waals surface area (Å²) in [4.78, 5) is 27.5. The van der Waals surface area contributed by atoms with E-state index in [1.165, 1.54) is 0 Å². The molecule has 5 nitrogen and oxygen atoms in total. The zero-order chi connectivity index (χ0) is 13.8. The third-order valence-electron chi connectivity index (χ3n) is 4.08. The lowest BCUT2D eigenvalue weighted by atomic mass is 10.2. The Kier molecular flexibility index (Phi) is 4.80. The molecule has 2 amide bonds. The van der Waals surface area contributed by atoms with Crippen LogP contribution in [0, 0.1) is 0 Å². The molecule has 108 valence electrons. The van der Waals surface area contributed by atoms with Crippen molar-refractivity contribution in [2.75, 3.05) is 13.1 Å². The fourth-order valence-electron chi connectivity index (χ4n) is 3.13. The summed E-state index contributed by atoms with van der Waals surface area (Å²) in [5, 5.41) is 3.51. The van der Waals surface area contributed by atoms with Crippen LogP contribution in [0.15, 0.2) is 0 Å². The predicted molar refractivity (Wildman–Crippen MR) is 73.2 cm³/mol. The number of nitrogens with one attached hydrogen (secondary N) is 1. The lowest BCUT2D eigenvalue weighted by Gasteiger charge is -2.32. The van der Waals surface area contributed by atoms with Gasteiger partial charge in [0.05, 0.1) is 12.3 Å². The Bertz CT molecular complexity index is 346. The van der Waals surface area contributed by atoms with E-state index in [0.717, 1.165) is 45.2 Å². The Balaban J connectivity index is 1.94. The van der Waals surface area contributed by atoms with E-state index < -0.39 is 0 Å². The summed E-state index contributed by atoms with van der Waals surface area (Å²) in [6.07, 6.45) is 5.84. The topological polar surface area (TPSA) is 52.7 Å². The number of carbonyl (C=O) groups excluding carboxylic acids is 2. The van der Waals surface area contributed by atoms with Gasteiger partial charge >= 0.3 is 0 Å². The summed E-state index contributed by atoms with van der Waals surface area (Å²) in [7, 11) is 0. The monoisotopic (exact) mass is 267 g/mol. The zero-order valence-corrected chi connectivity index (χ0v) is 12.0. The van der Waals surface area contributed by atoms with Gasteiger partial charge in [0, 0.05) is 26.4 Å². The van der Waals surface area contributed by atoms with E-state index >= 15 is 0 Å². The van der Waals surface area contributed by atoms with Crippen LogP contribution < -0.4 is 5.32 Å². The van der Waals surface area contributed by atoms with Crippen molar-refractivity contribution in [3.63, 3.8) is 0 Å². The highest BCUT2D eigenvalue weighted by molar-refractivity contribution is 5.76. The summed E-state index contributed by atoms with van der Waals surface area (Å²) in [6, 6.07) is 0. The van der Waals surface area contributed by atoms with E-state index in [9.17, 15) is 9.59 Å². The highest BCUT2D eigenvalue weighted by Gasteiger charge is 2.33. The number of likely N-dealkylation sites (tertiary alicyclic amines) is 2. The van der Waals surface area contributed by atoms with Gasteiger partial charge < -0.3 is 9.80 Å². The molecule has 0 aromatic heterocycles. The van der Waals surface area contributed by atoms with Crippen LogP contribution in [0.4, 0.5) is 0 Å². The Morgan fingerprint density at radius 1 is 1.11 bits per heavy atom. The summed E-state index contributed by atoms with van der Waals surface area (Å²) in [6.45, 7) is 5.34. The third kappa shape index (κ3) is 3.26. The fraction of sp³-hybridized carbons (Fsp3) is 0.857. The first-order valence-electron chi connectivity index (χ1n) is 7.46. The normalized spacial score (nSPS) is 27.1. The van der Waals surface area contributed by atoms with E-state index in [2.05, 4.69) is 5.32 Å². The molecular formula is C14H25N3O2. The fourth-order valence-corrected chi connectivity index (χ4v) is 3.13. The van der Waals surface area contributed by atoms with Gasteiger partial charge in [-0.25, -0.2) is 0 Å². The Morgan fingerprint density at radius 3 is 2.26 bits per heavy atom. The minimum atomic E-state index is 0.109. The quantitative estimate of drug-likeness (QED) is 0.835. The van der Waals surface area contributed by atoms with Crippen molar-refractivity contribution < 1.29 is 9.59 Å². The van der Waals surface area contributed by atoms with E-state index in [1.54, 1.807) is 6.92 Å². The molecule has 2 aliphatic heterocycles. The number of hydrogen-bond acceptors (Lipinski definition) is 3. The first-order chi connectivity index (χ1) is 9.13. The highest BCUT2D eigenvalue weighted by Crippen LogP contribution is 2.21. The molecule has 2 saturated heterocycles. The maximum Gasteiger partial charge on any atom is 0.223 e. The smallest absolute Gasteiger partial charge is 0.223 e. The first-order valence-corrected chi connectivity index (χ1v) is 7.46. The lowest BCUT2D eigenvalue weighted by Crippen LogP contribution is -2.53. The van der Waals surface area contributed by atoms with Crippen LogP contribution in [0.2, 0.25) is 0 Å². The molecule has 0 aliphatic carbocycles. The molecule has 5 heteroatoms. The van der Waals surface area contributed by atoms with Crippen LogP contribution in [0.1, 0.15) is 52.4 Å². The van der Waals surface area contributed by atoms with Crippen molar-refractivity contribution in [1.29, 1.82) is 0 Å². The molecule has 0 spiro atoms. The van der Waals surface area contributed by atoms with Crippen molar-refractivity contribution in [2.24, 2.45) is 0 Å². The second-order valence-electron chi connectivity index (χ2n) is 5.53. The molecule has 19 heavy (non-hydrogen) atoms. The Morgan fingerprint density at radius 2 is 1.68 bits per heavy atom. The van der Waals surface area contributed by atoms with Crippen molar-refractivity contribution >= 4 is 11.8 Å². The lowest BCUT2D eigenvalue weighted by molar-refractivity contribution is -0.133. The van der Waals surface area contributed by atoms with Crippen molar-refractivity contribution in [3.8, 4) is 0 Å². The second kappa shape index (κ2) is 6.37. The first kappa shape index (κ1) is 14.3. The molecule has 2 rings (SSSR count). The van der Waals surface area contributed by atoms with Gasteiger partial charge in [-0.2, -0.15) is 0 Å². The number of nitrogens with zero attached hydrogens (tertiary/aromatic N) is 2.